The molecule has 3 heterocycles. The third kappa shape index (κ3) is 6.93. The van der Waals surface area contributed by atoms with Crippen molar-refractivity contribution in [2.75, 3.05) is 27.9 Å². The minimum atomic E-state index is -1.10. The number of allylic oxidation sites excluding steroid dienone is 1. The molecule has 5 rings (SSSR count). The summed E-state index contributed by atoms with van der Waals surface area (Å²) in [6.07, 6.45) is -1.87. The zero-order valence-corrected chi connectivity index (χ0v) is 32.6. The predicted octanol–water partition coefficient (Wildman–Crippen LogP) is 3.11. The molecule has 3 aliphatic heterocycles. The Balaban J connectivity index is 1.82. The number of carbonyl (C=O) groups excluding carboxylic acids is 5. The zero-order chi connectivity index (χ0) is 39.9. The number of esters is 5. The number of carbonyl (C=O) groups is 5. The lowest BCUT2D eigenvalue weighted by Gasteiger charge is -2.62. The van der Waals surface area contributed by atoms with Gasteiger partial charge in [-0.15, -0.1) is 0 Å². The van der Waals surface area contributed by atoms with Gasteiger partial charge in [-0.2, -0.15) is 5.26 Å². The summed E-state index contributed by atoms with van der Waals surface area (Å²) in [6.45, 7) is 11.7. The first-order chi connectivity index (χ1) is 25.5. The van der Waals surface area contributed by atoms with Crippen LogP contribution in [-0.4, -0.2) is 122 Å². The number of likely N-dealkylation sites (N-methyl/N-ethyl adjacent to an activating group) is 1. The second-order valence-corrected chi connectivity index (χ2v) is 14.2. The first kappa shape index (κ1) is 40.2. The third-order valence-electron chi connectivity index (χ3n) is 11.1. The van der Waals surface area contributed by atoms with Crippen molar-refractivity contribution in [3.63, 3.8) is 0 Å². The summed E-state index contributed by atoms with van der Waals surface area (Å²) < 4.78 is 41.6. The van der Waals surface area contributed by atoms with E-state index < -0.39 is 84.5 Å². The van der Waals surface area contributed by atoms with Crippen LogP contribution in [0.5, 0.6) is 0 Å². The SMILES string of the molecule is C/C=C(/C)C(=O)OC[C@H]1C2=C(CC3[C@H]4C5=C(C[C@@H]([C@H](C#N)N31)N4C)C(OC(C)=O)C(C)=C(OC)C5OC(C)=O)C(OC(C)=O)C(C)=C(OC)C2OC(C)=O. The Bertz CT molecular complexity index is 1830. The lowest BCUT2D eigenvalue weighted by atomic mass is 9.66. The number of hydrogen-bond acceptors (Lipinski definition) is 15. The summed E-state index contributed by atoms with van der Waals surface area (Å²) in [6, 6.07) is -0.953. The number of ether oxygens (including phenoxy) is 7. The molecule has 1 fully saturated rings. The molecule has 0 radical (unpaired) electrons. The Hall–Kier alpha value is -4.94. The van der Waals surface area contributed by atoms with Crippen LogP contribution < -0.4 is 0 Å². The van der Waals surface area contributed by atoms with Gasteiger partial charge in [-0.1, -0.05) is 6.08 Å². The number of nitrogens with zero attached hydrogens (tertiary/aromatic N) is 3. The molecule has 1 saturated heterocycles. The average Bonchev–Trinajstić information content (AvgIpc) is 3.09. The van der Waals surface area contributed by atoms with Crippen molar-refractivity contribution in [1.82, 2.24) is 9.80 Å². The van der Waals surface area contributed by atoms with Crippen LogP contribution in [0.25, 0.3) is 0 Å². The van der Waals surface area contributed by atoms with E-state index >= 15 is 0 Å². The molecule has 0 aromatic heterocycles. The molecule has 0 saturated carbocycles. The van der Waals surface area contributed by atoms with Gasteiger partial charge in [0.05, 0.1) is 32.4 Å². The lowest BCUT2D eigenvalue weighted by molar-refractivity contribution is -0.152. The van der Waals surface area contributed by atoms with E-state index in [1.807, 2.05) is 11.9 Å². The van der Waals surface area contributed by atoms with Gasteiger partial charge < -0.3 is 33.2 Å². The summed E-state index contributed by atoms with van der Waals surface area (Å²) in [5.74, 6) is -2.29. The maximum absolute atomic E-state index is 13.2. The third-order valence-corrected chi connectivity index (χ3v) is 11.1. The summed E-state index contributed by atoms with van der Waals surface area (Å²) in [5.41, 5.74) is 3.82. The quantitative estimate of drug-likeness (QED) is 0.145. The maximum Gasteiger partial charge on any atom is 0.333 e. The molecular weight excluding hydrogens is 702 g/mol. The fourth-order valence-electron chi connectivity index (χ4n) is 8.97. The molecule has 0 aromatic carbocycles. The second kappa shape index (κ2) is 15.8. The molecule has 0 N–H and O–H groups in total. The summed E-state index contributed by atoms with van der Waals surface area (Å²) in [7, 11) is 4.77. The monoisotopic (exact) mass is 751 g/mol. The van der Waals surface area contributed by atoms with Crippen LogP contribution in [0, 0.1) is 11.3 Å². The van der Waals surface area contributed by atoms with E-state index in [-0.39, 0.29) is 25.2 Å². The molecule has 9 atom stereocenters. The molecule has 0 amide bonds. The molecule has 2 aliphatic carbocycles. The number of piperazine rings is 1. The minimum Gasteiger partial charge on any atom is -0.497 e. The smallest absolute Gasteiger partial charge is 0.333 e. The predicted molar refractivity (Wildman–Crippen MR) is 189 cm³/mol. The highest BCUT2D eigenvalue weighted by molar-refractivity contribution is 5.87. The highest BCUT2D eigenvalue weighted by Gasteiger charge is 2.61. The topological polar surface area (TPSA) is 180 Å². The standard InChI is InChI=1S/C39H49N3O12/c1-12-17(2)39(47)50-16-29-30-24(33(51-20(5)43)18(3)35(48-10)37(30)53-22(7)45)14-27-32-31-25(13-26(41(32)9)28(15-40)42(27)29)34(52-21(6)44)19(4)36(49-11)38(31)54-23(8)46/h12,26-29,32-34,37-38H,13-14,16H2,1-11H3/b17-12-/t26-,27?,28-,29-,32-,33?,34?,37?,38?/m0/s1. The summed E-state index contributed by atoms with van der Waals surface area (Å²) in [4.78, 5) is 68.0. The van der Waals surface area contributed by atoms with Crippen molar-refractivity contribution >= 4 is 29.8 Å². The number of hydrogen-bond donors (Lipinski definition) is 0. The van der Waals surface area contributed by atoms with Crippen molar-refractivity contribution < 1.29 is 57.1 Å². The Morgan fingerprint density at radius 3 is 1.63 bits per heavy atom. The molecule has 54 heavy (non-hydrogen) atoms. The first-order valence-electron chi connectivity index (χ1n) is 17.8. The van der Waals surface area contributed by atoms with Crippen molar-refractivity contribution in [2.45, 2.75) is 123 Å². The molecule has 5 unspecified atom stereocenters. The van der Waals surface area contributed by atoms with Gasteiger partial charge in [0.2, 0.25) is 0 Å². The van der Waals surface area contributed by atoms with Crippen LogP contribution in [0.15, 0.2) is 56.6 Å². The maximum atomic E-state index is 13.2. The fourth-order valence-corrected chi connectivity index (χ4v) is 8.97. The van der Waals surface area contributed by atoms with E-state index in [1.54, 1.807) is 33.8 Å². The van der Waals surface area contributed by atoms with Gasteiger partial charge in [0.25, 0.3) is 0 Å². The van der Waals surface area contributed by atoms with Gasteiger partial charge in [-0.3, -0.25) is 29.0 Å². The highest BCUT2D eigenvalue weighted by atomic mass is 16.6. The van der Waals surface area contributed by atoms with Gasteiger partial charge in [-0.05, 0) is 64.3 Å². The normalized spacial score (nSPS) is 31.0. The molecule has 0 aromatic rings. The number of methoxy groups -OCH3 is 2. The molecule has 2 bridgehead atoms. The van der Waals surface area contributed by atoms with E-state index in [9.17, 15) is 29.2 Å². The van der Waals surface area contributed by atoms with E-state index in [0.29, 0.717) is 44.8 Å². The number of nitriles is 1. The van der Waals surface area contributed by atoms with Crippen LogP contribution in [0.1, 0.15) is 68.2 Å². The van der Waals surface area contributed by atoms with Crippen LogP contribution in [0.2, 0.25) is 0 Å². The van der Waals surface area contributed by atoms with Crippen LogP contribution >= 0.6 is 0 Å². The van der Waals surface area contributed by atoms with Gasteiger partial charge in [-0.25, -0.2) is 4.79 Å². The Labute approximate surface area is 315 Å². The van der Waals surface area contributed by atoms with Crippen molar-refractivity contribution in [3.8, 4) is 6.07 Å². The molecule has 15 nitrogen and oxygen atoms in total. The molecule has 0 spiro atoms. The summed E-state index contributed by atoms with van der Waals surface area (Å²) >= 11 is 0. The molecule has 15 heteroatoms. The van der Waals surface area contributed by atoms with Crippen LogP contribution in [-0.2, 0) is 57.1 Å². The second-order valence-electron chi connectivity index (χ2n) is 14.2. The lowest BCUT2D eigenvalue weighted by Crippen LogP contribution is -2.74. The first-order valence-corrected chi connectivity index (χ1v) is 17.8. The number of fused-ring (bicyclic) bond motifs is 5. The van der Waals surface area contributed by atoms with Gasteiger partial charge >= 0.3 is 29.8 Å². The minimum absolute atomic E-state index is 0.171. The van der Waals surface area contributed by atoms with E-state index in [1.165, 1.54) is 41.9 Å². The van der Waals surface area contributed by atoms with Gasteiger partial charge in [0.15, 0.2) is 12.2 Å². The van der Waals surface area contributed by atoms with Gasteiger partial charge in [0.1, 0.15) is 36.4 Å². The van der Waals surface area contributed by atoms with Crippen molar-refractivity contribution in [2.24, 2.45) is 0 Å². The Morgan fingerprint density at radius 1 is 0.741 bits per heavy atom. The zero-order valence-electron chi connectivity index (χ0n) is 32.6. The average molecular weight is 752 g/mol. The van der Waals surface area contributed by atoms with Crippen LogP contribution in [0.4, 0.5) is 0 Å². The highest BCUT2D eigenvalue weighted by Crippen LogP contribution is 2.53. The fraction of sp³-hybridized carbons (Fsp3) is 0.590. The van der Waals surface area contributed by atoms with E-state index in [0.717, 1.165) is 0 Å². The summed E-state index contributed by atoms with van der Waals surface area (Å²) in [5, 5.41) is 11.1. The van der Waals surface area contributed by atoms with Crippen molar-refractivity contribution in [3.05, 3.63) is 56.6 Å². The van der Waals surface area contributed by atoms with E-state index in [2.05, 4.69) is 11.0 Å². The largest absolute Gasteiger partial charge is 0.497 e. The Kier molecular flexibility index (Phi) is 11.8. The molecular formula is C39H49N3O12. The molecule has 292 valence electrons. The Morgan fingerprint density at radius 2 is 1.19 bits per heavy atom. The van der Waals surface area contributed by atoms with E-state index in [4.69, 9.17) is 33.2 Å². The number of rotatable bonds is 9. The van der Waals surface area contributed by atoms with Gasteiger partial charge in [0, 0.05) is 62.1 Å². The van der Waals surface area contributed by atoms with Crippen molar-refractivity contribution in [1.29, 1.82) is 5.26 Å². The van der Waals surface area contributed by atoms with Crippen LogP contribution in [0.3, 0.4) is 0 Å². The molecule has 5 aliphatic rings.